The second kappa shape index (κ2) is 11.6. The lowest BCUT2D eigenvalue weighted by Gasteiger charge is -2.13. The van der Waals surface area contributed by atoms with Crippen molar-refractivity contribution in [3.8, 4) is 11.8 Å². The topological polar surface area (TPSA) is 62.1 Å². The molecule has 0 fully saturated rings. The Balaban J connectivity index is 1.78. The van der Waals surface area contributed by atoms with Gasteiger partial charge in [0.05, 0.1) is 7.14 Å². The summed E-state index contributed by atoms with van der Waals surface area (Å²) in [7, 11) is 0. The van der Waals surface area contributed by atoms with Gasteiger partial charge in [0.2, 0.25) is 0 Å². The SMILES string of the molecule is N#C/C(=C\c1cc(I)c(OCc2ccc(Cl)cc2Cl)c(I)c1)C(=O)Nc1cccc(Cl)c1. The van der Waals surface area contributed by atoms with Crippen LogP contribution in [0, 0.1) is 18.5 Å². The van der Waals surface area contributed by atoms with Crippen LogP contribution >= 0.6 is 80.0 Å². The summed E-state index contributed by atoms with van der Waals surface area (Å²) in [6, 6.07) is 17.6. The molecule has 0 heterocycles. The van der Waals surface area contributed by atoms with E-state index in [0.29, 0.717) is 32.1 Å². The standard InChI is InChI=1S/C23H13Cl3I2N2O2/c24-16-2-1-3-18(9-16)30-23(31)15(11-29)6-13-7-20(27)22(21(28)8-13)32-12-14-4-5-17(25)10-19(14)26/h1-10H,12H2,(H,30,31)/b15-6+. The lowest BCUT2D eigenvalue weighted by molar-refractivity contribution is -0.112. The van der Waals surface area contributed by atoms with Crippen LogP contribution in [-0.4, -0.2) is 5.91 Å². The molecule has 0 saturated carbocycles. The molecule has 3 aromatic rings. The molecule has 0 aliphatic heterocycles. The van der Waals surface area contributed by atoms with Gasteiger partial charge >= 0.3 is 0 Å². The first-order chi connectivity index (χ1) is 15.3. The molecule has 162 valence electrons. The highest BCUT2D eigenvalue weighted by molar-refractivity contribution is 14.1. The molecule has 3 aromatic carbocycles. The van der Waals surface area contributed by atoms with Gasteiger partial charge in [-0.1, -0.05) is 46.9 Å². The minimum atomic E-state index is -0.516. The van der Waals surface area contributed by atoms with Crippen molar-refractivity contribution >= 4 is 97.7 Å². The predicted octanol–water partition coefficient (Wildman–Crippen LogP) is 7.98. The average molecular weight is 710 g/mol. The van der Waals surface area contributed by atoms with E-state index in [1.165, 1.54) is 6.08 Å². The van der Waals surface area contributed by atoms with E-state index in [4.69, 9.17) is 39.5 Å². The molecule has 0 aliphatic carbocycles. The third-order valence-electron chi connectivity index (χ3n) is 4.17. The zero-order valence-electron chi connectivity index (χ0n) is 16.1. The number of halogens is 5. The molecule has 4 nitrogen and oxygen atoms in total. The summed E-state index contributed by atoms with van der Waals surface area (Å²) in [5.74, 6) is 0.175. The van der Waals surface area contributed by atoms with Gasteiger partial charge in [-0.15, -0.1) is 0 Å². The van der Waals surface area contributed by atoms with Gasteiger partial charge in [0.1, 0.15) is 24.0 Å². The number of nitrogens with one attached hydrogen (secondary N) is 1. The maximum absolute atomic E-state index is 12.5. The van der Waals surface area contributed by atoms with Crippen molar-refractivity contribution in [2.24, 2.45) is 0 Å². The van der Waals surface area contributed by atoms with Gasteiger partial charge in [-0.3, -0.25) is 4.79 Å². The van der Waals surface area contributed by atoms with Crippen molar-refractivity contribution in [2.75, 3.05) is 5.32 Å². The van der Waals surface area contributed by atoms with Gasteiger partial charge < -0.3 is 10.1 Å². The largest absolute Gasteiger partial charge is 0.487 e. The Labute approximate surface area is 227 Å². The van der Waals surface area contributed by atoms with E-state index in [1.807, 2.05) is 24.3 Å². The van der Waals surface area contributed by atoms with E-state index < -0.39 is 5.91 Å². The van der Waals surface area contributed by atoms with Crippen molar-refractivity contribution in [3.63, 3.8) is 0 Å². The van der Waals surface area contributed by atoms with Crippen molar-refractivity contribution in [2.45, 2.75) is 6.61 Å². The van der Waals surface area contributed by atoms with Crippen LogP contribution in [0.3, 0.4) is 0 Å². The Morgan fingerprint density at radius 3 is 2.34 bits per heavy atom. The quantitative estimate of drug-likeness (QED) is 0.161. The highest BCUT2D eigenvalue weighted by atomic mass is 127. The first-order valence-electron chi connectivity index (χ1n) is 9.01. The average Bonchev–Trinajstić information content (AvgIpc) is 2.72. The van der Waals surface area contributed by atoms with E-state index in [-0.39, 0.29) is 12.2 Å². The first kappa shape index (κ1) is 25.1. The maximum Gasteiger partial charge on any atom is 0.266 e. The summed E-state index contributed by atoms with van der Waals surface area (Å²) in [5.41, 5.74) is 2.00. The van der Waals surface area contributed by atoms with Crippen LogP contribution in [0.25, 0.3) is 6.08 Å². The van der Waals surface area contributed by atoms with Gasteiger partial charge in [0.15, 0.2) is 0 Å². The number of ether oxygens (including phenoxy) is 1. The van der Waals surface area contributed by atoms with Crippen LogP contribution in [0.15, 0.2) is 60.2 Å². The molecule has 0 bridgehead atoms. The molecule has 1 N–H and O–H groups in total. The molecule has 0 atom stereocenters. The van der Waals surface area contributed by atoms with E-state index in [9.17, 15) is 10.1 Å². The number of hydrogen-bond donors (Lipinski definition) is 1. The van der Waals surface area contributed by atoms with Gasteiger partial charge in [0.25, 0.3) is 5.91 Å². The van der Waals surface area contributed by atoms with Crippen LogP contribution in [0.2, 0.25) is 15.1 Å². The number of nitrogens with zero attached hydrogens (tertiary/aromatic N) is 1. The summed E-state index contributed by atoms with van der Waals surface area (Å²) in [6.07, 6.45) is 1.53. The molecule has 1 amide bonds. The zero-order chi connectivity index (χ0) is 23.3. The molecular formula is C23H13Cl3I2N2O2. The molecule has 0 aliphatic rings. The van der Waals surface area contributed by atoms with Gasteiger partial charge in [-0.05, 0) is 99.3 Å². The molecule has 0 unspecified atom stereocenters. The number of rotatable bonds is 6. The molecule has 0 saturated heterocycles. The number of nitriles is 1. The molecule has 0 spiro atoms. The number of carbonyl (C=O) groups is 1. The van der Waals surface area contributed by atoms with Crippen LogP contribution < -0.4 is 10.1 Å². The van der Waals surface area contributed by atoms with Crippen LogP contribution in [0.1, 0.15) is 11.1 Å². The Kier molecular flexibility index (Phi) is 9.08. The summed E-state index contributed by atoms with van der Waals surface area (Å²) in [5, 5.41) is 13.7. The van der Waals surface area contributed by atoms with Crippen molar-refractivity contribution < 1.29 is 9.53 Å². The monoisotopic (exact) mass is 708 g/mol. The predicted molar refractivity (Wildman–Crippen MR) is 146 cm³/mol. The van der Waals surface area contributed by atoms with E-state index >= 15 is 0 Å². The minimum absolute atomic E-state index is 0.0295. The summed E-state index contributed by atoms with van der Waals surface area (Å²) in [4.78, 5) is 12.5. The molecule has 0 aromatic heterocycles. The second-order valence-electron chi connectivity index (χ2n) is 6.47. The van der Waals surface area contributed by atoms with E-state index in [0.717, 1.165) is 12.7 Å². The Morgan fingerprint density at radius 2 is 1.72 bits per heavy atom. The Morgan fingerprint density at radius 1 is 1.03 bits per heavy atom. The van der Waals surface area contributed by atoms with Crippen molar-refractivity contribution in [1.82, 2.24) is 0 Å². The number of anilines is 1. The third kappa shape index (κ3) is 6.75. The minimum Gasteiger partial charge on any atom is -0.487 e. The molecule has 3 rings (SSSR count). The fraction of sp³-hybridized carbons (Fsp3) is 0.0435. The van der Waals surface area contributed by atoms with E-state index in [1.54, 1.807) is 36.4 Å². The number of hydrogen-bond acceptors (Lipinski definition) is 3. The maximum atomic E-state index is 12.5. The molecule has 9 heteroatoms. The first-order valence-corrected chi connectivity index (χ1v) is 12.3. The highest BCUT2D eigenvalue weighted by Crippen LogP contribution is 2.31. The molecule has 32 heavy (non-hydrogen) atoms. The van der Waals surface area contributed by atoms with Gasteiger partial charge in [-0.2, -0.15) is 5.26 Å². The van der Waals surface area contributed by atoms with Crippen molar-refractivity contribution in [3.05, 3.63) is 93.5 Å². The lowest BCUT2D eigenvalue weighted by Crippen LogP contribution is -2.13. The molecular weight excluding hydrogens is 696 g/mol. The second-order valence-corrected chi connectivity index (χ2v) is 10.1. The Hall–Kier alpha value is -1.51. The summed E-state index contributed by atoms with van der Waals surface area (Å²) >= 11 is 22.4. The fourth-order valence-electron chi connectivity index (χ4n) is 2.67. The van der Waals surface area contributed by atoms with Crippen LogP contribution in [0.4, 0.5) is 5.69 Å². The Bertz CT molecular complexity index is 1230. The van der Waals surface area contributed by atoms with Crippen molar-refractivity contribution in [1.29, 1.82) is 5.26 Å². The van der Waals surface area contributed by atoms with E-state index in [2.05, 4.69) is 50.5 Å². The highest BCUT2D eigenvalue weighted by Gasteiger charge is 2.13. The number of amides is 1. The van der Waals surface area contributed by atoms with Gasteiger partial charge in [0, 0.05) is 26.3 Å². The lowest BCUT2D eigenvalue weighted by atomic mass is 10.1. The summed E-state index contributed by atoms with van der Waals surface area (Å²) in [6.45, 7) is 0.280. The fourth-order valence-corrected chi connectivity index (χ4v) is 5.45. The zero-order valence-corrected chi connectivity index (χ0v) is 22.7. The van der Waals surface area contributed by atoms with Gasteiger partial charge in [-0.25, -0.2) is 0 Å². The molecule has 0 radical (unpaired) electrons. The summed E-state index contributed by atoms with van der Waals surface area (Å²) < 4.78 is 7.64. The smallest absolute Gasteiger partial charge is 0.266 e. The number of carbonyl (C=O) groups excluding carboxylic acids is 1. The van der Waals surface area contributed by atoms with Crippen LogP contribution in [0.5, 0.6) is 5.75 Å². The van der Waals surface area contributed by atoms with Crippen LogP contribution in [-0.2, 0) is 11.4 Å². The third-order valence-corrected chi connectivity index (χ3v) is 6.59. The normalized spacial score (nSPS) is 11.1. The number of benzene rings is 3.